The van der Waals surface area contributed by atoms with E-state index in [9.17, 15) is 17.2 Å². The summed E-state index contributed by atoms with van der Waals surface area (Å²) in [5.41, 5.74) is 3.76. The second-order valence-corrected chi connectivity index (χ2v) is 9.70. The minimum absolute atomic E-state index is 0.264. The normalized spacial score (nSPS) is 15.0. The predicted molar refractivity (Wildman–Crippen MR) is 124 cm³/mol. The van der Waals surface area contributed by atoms with Crippen LogP contribution in [0.5, 0.6) is 0 Å². The maximum absolute atomic E-state index is 14.0. The highest BCUT2D eigenvalue weighted by Gasteiger charge is 2.20. The summed E-state index contributed by atoms with van der Waals surface area (Å²) in [5.74, 6) is -2.00. The minimum atomic E-state index is -4.23. The number of aromatic nitrogens is 2. The predicted octanol–water partition coefficient (Wildman–Crippen LogP) is 3.91. The number of nitrogens with zero attached hydrogens (tertiary/aromatic N) is 3. The van der Waals surface area contributed by atoms with Crippen LogP contribution in [-0.2, 0) is 21.3 Å². The van der Waals surface area contributed by atoms with Gasteiger partial charge in [0.2, 0.25) is 0 Å². The van der Waals surface area contributed by atoms with E-state index in [1.54, 1.807) is 18.2 Å². The molecule has 2 aromatic carbocycles. The molecule has 5 rings (SSSR count). The number of imidazole rings is 1. The van der Waals surface area contributed by atoms with Gasteiger partial charge in [-0.2, -0.15) is 0 Å². The van der Waals surface area contributed by atoms with E-state index in [0.717, 1.165) is 54.2 Å². The van der Waals surface area contributed by atoms with Crippen molar-refractivity contribution in [3.63, 3.8) is 0 Å². The highest BCUT2D eigenvalue weighted by atomic mass is 32.2. The van der Waals surface area contributed by atoms with Crippen LogP contribution in [0.25, 0.3) is 16.8 Å². The standard InChI is InChI=1S/C24H22F2N4O3S/c25-19-5-6-23(22(26)13-19)34(31,32)28-20-3-1-2-17(12-20)18-4-7-24-27-14-21(30(24)15-18)16-29-8-10-33-11-9-29/h1-7,12-15,28H,8-11,16H2. The molecule has 176 valence electrons. The molecule has 0 bridgehead atoms. The third kappa shape index (κ3) is 4.65. The largest absolute Gasteiger partial charge is 0.379 e. The second-order valence-electron chi connectivity index (χ2n) is 8.05. The number of benzene rings is 2. The molecule has 0 saturated carbocycles. The van der Waals surface area contributed by atoms with Crippen molar-refractivity contribution in [3.8, 4) is 11.1 Å². The molecular weight excluding hydrogens is 462 g/mol. The summed E-state index contributed by atoms with van der Waals surface area (Å²) >= 11 is 0. The molecule has 1 fully saturated rings. The third-order valence-electron chi connectivity index (χ3n) is 5.70. The van der Waals surface area contributed by atoms with Crippen molar-refractivity contribution in [2.45, 2.75) is 11.4 Å². The molecule has 0 atom stereocenters. The van der Waals surface area contributed by atoms with Crippen molar-refractivity contribution in [1.82, 2.24) is 14.3 Å². The Kier molecular flexibility index (Phi) is 6.03. The molecule has 0 amide bonds. The van der Waals surface area contributed by atoms with Gasteiger partial charge in [0, 0.05) is 37.6 Å². The first kappa shape index (κ1) is 22.5. The zero-order chi connectivity index (χ0) is 23.7. The monoisotopic (exact) mass is 484 g/mol. The molecule has 1 saturated heterocycles. The summed E-state index contributed by atoms with van der Waals surface area (Å²) in [7, 11) is -4.23. The van der Waals surface area contributed by atoms with Gasteiger partial charge in [-0.3, -0.25) is 9.62 Å². The molecule has 0 unspecified atom stereocenters. The van der Waals surface area contributed by atoms with Gasteiger partial charge in [-0.05, 0) is 47.5 Å². The Hall–Kier alpha value is -3.34. The number of halogens is 2. The van der Waals surface area contributed by atoms with Gasteiger partial charge < -0.3 is 9.14 Å². The molecule has 0 radical (unpaired) electrons. The Morgan fingerprint density at radius 1 is 1.00 bits per heavy atom. The minimum Gasteiger partial charge on any atom is -0.379 e. The fraction of sp³-hybridized carbons (Fsp3) is 0.208. The maximum atomic E-state index is 14.0. The van der Waals surface area contributed by atoms with Crippen LogP contribution >= 0.6 is 0 Å². The number of anilines is 1. The fourth-order valence-electron chi connectivity index (χ4n) is 3.97. The summed E-state index contributed by atoms with van der Waals surface area (Å²) < 4.78 is 62.3. The van der Waals surface area contributed by atoms with E-state index in [1.807, 2.05) is 35.0 Å². The van der Waals surface area contributed by atoms with Crippen LogP contribution in [0, 0.1) is 11.6 Å². The molecule has 4 aromatic rings. The van der Waals surface area contributed by atoms with E-state index >= 15 is 0 Å². The lowest BCUT2D eigenvalue weighted by molar-refractivity contribution is 0.0335. The topological polar surface area (TPSA) is 75.9 Å². The number of rotatable bonds is 6. The Labute approximate surface area is 195 Å². The van der Waals surface area contributed by atoms with Crippen molar-refractivity contribution in [2.24, 2.45) is 0 Å². The zero-order valence-corrected chi connectivity index (χ0v) is 18.9. The molecule has 1 aliphatic rings. The van der Waals surface area contributed by atoms with Crippen LogP contribution < -0.4 is 4.72 Å². The average Bonchev–Trinajstić information content (AvgIpc) is 3.21. The molecule has 1 aliphatic heterocycles. The number of hydrogen-bond acceptors (Lipinski definition) is 5. The fourth-order valence-corrected chi connectivity index (χ4v) is 5.08. The molecule has 2 aromatic heterocycles. The molecule has 10 heteroatoms. The Morgan fingerprint density at radius 2 is 1.82 bits per heavy atom. The molecular formula is C24H22F2N4O3S. The molecule has 3 heterocycles. The van der Waals surface area contributed by atoms with Gasteiger partial charge in [0.05, 0.1) is 25.1 Å². The molecule has 34 heavy (non-hydrogen) atoms. The van der Waals surface area contributed by atoms with Gasteiger partial charge in [-0.15, -0.1) is 0 Å². The summed E-state index contributed by atoms with van der Waals surface area (Å²) in [6.45, 7) is 3.91. The lowest BCUT2D eigenvalue weighted by Crippen LogP contribution is -2.35. The Bertz CT molecular complexity index is 1450. The van der Waals surface area contributed by atoms with Gasteiger partial charge in [0.25, 0.3) is 10.0 Å². The molecule has 0 aliphatic carbocycles. The first-order chi connectivity index (χ1) is 16.4. The molecule has 1 N–H and O–H groups in total. The first-order valence-corrected chi connectivity index (χ1v) is 12.2. The van der Waals surface area contributed by atoms with Crippen molar-refractivity contribution in [2.75, 3.05) is 31.0 Å². The van der Waals surface area contributed by atoms with E-state index < -0.39 is 26.6 Å². The van der Waals surface area contributed by atoms with Gasteiger partial charge in [-0.1, -0.05) is 12.1 Å². The Balaban J connectivity index is 1.42. The second kappa shape index (κ2) is 9.13. The number of nitrogens with one attached hydrogen (secondary N) is 1. The molecule has 7 nitrogen and oxygen atoms in total. The van der Waals surface area contributed by atoms with Crippen molar-refractivity contribution in [3.05, 3.63) is 84.3 Å². The van der Waals surface area contributed by atoms with Gasteiger partial charge in [-0.25, -0.2) is 22.2 Å². The van der Waals surface area contributed by atoms with E-state index in [2.05, 4.69) is 14.6 Å². The number of pyridine rings is 1. The van der Waals surface area contributed by atoms with Crippen molar-refractivity contribution in [1.29, 1.82) is 0 Å². The summed E-state index contributed by atoms with van der Waals surface area (Å²) in [6.07, 6.45) is 3.82. The van der Waals surface area contributed by atoms with Crippen molar-refractivity contribution >= 4 is 21.4 Å². The van der Waals surface area contributed by atoms with Crippen LogP contribution in [0.1, 0.15) is 5.69 Å². The SMILES string of the molecule is O=S(=O)(Nc1cccc(-c2ccc3ncc(CN4CCOCC4)n3c2)c1)c1ccc(F)cc1F. The van der Waals surface area contributed by atoms with Gasteiger partial charge in [0.15, 0.2) is 0 Å². The van der Waals surface area contributed by atoms with Crippen LogP contribution in [0.3, 0.4) is 0 Å². The van der Waals surface area contributed by atoms with E-state index in [0.29, 0.717) is 19.3 Å². The number of fused-ring (bicyclic) bond motifs is 1. The quantitative estimate of drug-likeness (QED) is 0.449. The van der Waals surface area contributed by atoms with Crippen LogP contribution in [-0.4, -0.2) is 49.0 Å². The maximum Gasteiger partial charge on any atom is 0.264 e. The van der Waals surface area contributed by atoms with E-state index in [1.165, 1.54) is 0 Å². The van der Waals surface area contributed by atoms with Crippen LogP contribution in [0.2, 0.25) is 0 Å². The highest BCUT2D eigenvalue weighted by molar-refractivity contribution is 7.92. The van der Waals surface area contributed by atoms with Crippen LogP contribution in [0.15, 0.2) is 71.9 Å². The van der Waals surface area contributed by atoms with E-state index in [4.69, 9.17) is 4.74 Å². The third-order valence-corrected chi connectivity index (χ3v) is 7.12. The van der Waals surface area contributed by atoms with Crippen LogP contribution in [0.4, 0.5) is 14.5 Å². The summed E-state index contributed by atoms with van der Waals surface area (Å²) in [6, 6.07) is 13.0. The number of hydrogen-bond donors (Lipinski definition) is 1. The molecule has 0 spiro atoms. The number of morpholine rings is 1. The Morgan fingerprint density at radius 3 is 2.62 bits per heavy atom. The van der Waals surface area contributed by atoms with Gasteiger partial charge >= 0.3 is 0 Å². The van der Waals surface area contributed by atoms with E-state index in [-0.39, 0.29) is 5.69 Å². The average molecular weight is 485 g/mol. The zero-order valence-electron chi connectivity index (χ0n) is 18.1. The first-order valence-electron chi connectivity index (χ1n) is 10.7. The lowest BCUT2D eigenvalue weighted by Gasteiger charge is -2.26. The number of sulfonamides is 1. The summed E-state index contributed by atoms with van der Waals surface area (Å²) in [5, 5.41) is 0. The summed E-state index contributed by atoms with van der Waals surface area (Å²) in [4.78, 5) is 6.17. The van der Waals surface area contributed by atoms with Crippen molar-refractivity contribution < 1.29 is 21.9 Å². The number of ether oxygens (including phenoxy) is 1. The lowest BCUT2D eigenvalue weighted by atomic mass is 10.1. The van der Waals surface area contributed by atoms with Gasteiger partial charge in [0.1, 0.15) is 22.2 Å². The smallest absolute Gasteiger partial charge is 0.264 e. The highest BCUT2D eigenvalue weighted by Crippen LogP contribution is 2.26.